The smallest absolute Gasteiger partial charge is 0.211 e. The van der Waals surface area contributed by atoms with Crippen molar-refractivity contribution in [2.45, 2.75) is 25.2 Å². The number of amides is 1. The summed E-state index contributed by atoms with van der Waals surface area (Å²) in [7, 11) is 0. The Morgan fingerprint density at radius 1 is 1.00 bits per heavy atom. The lowest BCUT2D eigenvalue weighted by Gasteiger charge is -2.36. The van der Waals surface area contributed by atoms with Crippen molar-refractivity contribution < 1.29 is 4.79 Å². The zero-order valence-electron chi connectivity index (χ0n) is 15.2. The number of hydrogen-bond donors (Lipinski definition) is 1. The maximum Gasteiger partial charge on any atom is 0.211 e. The monoisotopic (exact) mass is 349 g/mol. The first-order chi connectivity index (χ1) is 12.8. The molecule has 2 aliphatic rings. The fraction of sp³-hybridized carbons (Fsp3) is 0.409. The maximum atomic E-state index is 10.5. The van der Waals surface area contributed by atoms with Gasteiger partial charge in [0.25, 0.3) is 0 Å². The summed E-state index contributed by atoms with van der Waals surface area (Å²) >= 11 is 0. The van der Waals surface area contributed by atoms with Crippen molar-refractivity contribution in [1.29, 1.82) is 0 Å². The third kappa shape index (κ3) is 3.75. The highest BCUT2D eigenvalue weighted by Gasteiger charge is 2.23. The number of hydrogen-bond acceptors (Lipinski definition) is 3. The summed E-state index contributed by atoms with van der Waals surface area (Å²) < 4.78 is 0. The van der Waals surface area contributed by atoms with Gasteiger partial charge in [-0.25, -0.2) is 0 Å². The van der Waals surface area contributed by atoms with E-state index in [4.69, 9.17) is 0 Å². The molecule has 1 atom stereocenters. The Labute approximate surface area is 155 Å². The molecule has 1 saturated heterocycles. The SMILES string of the molecule is O=CNc1ccc(N2CCN(CCC3CCc4ccccc43)CC2)cc1. The highest BCUT2D eigenvalue weighted by molar-refractivity contribution is 5.72. The predicted octanol–water partition coefficient (Wildman–Crippen LogP) is 3.50. The molecule has 1 aliphatic carbocycles. The van der Waals surface area contributed by atoms with Crippen LogP contribution in [0.25, 0.3) is 0 Å². The largest absolute Gasteiger partial charge is 0.369 e. The molecule has 1 amide bonds. The Morgan fingerprint density at radius 2 is 1.77 bits per heavy atom. The van der Waals surface area contributed by atoms with Gasteiger partial charge in [0.1, 0.15) is 0 Å². The molecule has 1 aliphatic heterocycles. The van der Waals surface area contributed by atoms with E-state index in [2.05, 4.69) is 51.5 Å². The molecule has 1 N–H and O–H groups in total. The summed E-state index contributed by atoms with van der Waals surface area (Å²) in [6.45, 7) is 5.60. The normalized spacial score (nSPS) is 20.0. The van der Waals surface area contributed by atoms with Crippen LogP contribution in [0, 0.1) is 0 Å². The van der Waals surface area contributed by atoms with Gasteiger partial charge in [-0.2, -0.15) is 0 Å². The van der Waals surface area contributed by atoms with E-state index >= 15 is 0 Å². The molecule has 136 valence electrons. The molecule has 0 radical (unpaired) electrons. The molecule has 1 unspecified atom stereocenters. The first-order valence-electron chi connectivity index (χ1n) is 9.69. The number of fused-ring (bicyclic) bond motifs is 1. The van der Waals surface area contributed by atoms with Crippen molar-refractivity contribution in [2.75, 3.05) is 42.9 Å². The summed E-state index contributed by atoms with van der Waals surface area (Å²) in [6, 6.07) is 17.1. The number of rotatable bonds is 6. The number of aryl methyl sites for hydroxylation is 1. The van der Waals surface area contributed by atoms with Crippen LogP contribution in [0.4, 0.5) is 11.4 Å². The number of nitrogens with zero attached hydrogens (tertiary/aromatic N) is 2. The van der Waals surface area contributed by atoms with Gasteiger partial charge in [0.05, 0.1) is 0 Å². The van der Waals surface area contributed by atoms with Crippen LogP contribution in [0.15, 0.2) is 48.5 Å². The molecule has 1 fully saturated rings. The van der Waals surface area contributed by atoms with Crippen molar-refractivity contribution in [3.05, 3.63) is 59.7 Å². The van der Waals surface area contributed by atoms with Crippen molar-refractivity contribution in [2.24, 2.45) is 0 Å². The third-order valence-electron chi connectivity index (χ3n) is 5.88. The Morgan fingerprint density at radius 3 is 2.54 bits per heavy atom. The Balaban J connectivity index is 1.26. The van der Waals surface area contributed by atoms with Gasteiger partial charge in [-0.15, -0.1) is 0 Å². The molecule has 0 bridgehead atoms. The molecule has 0 spiro atoms. The van der Waals surface area contributed by atoms with Crippen LogP contribution < -0.4 is 10.2 Å². The Bertz CT molecular complexity index is 735. The summed E-state index contributed by atoms with van der Waals surface area (Å²) in [5, 5.41) is 2.69. The standard InChI is InChI=1S/C22H27N3O/c26-17-23-20-7-9-21(10-8-20)25-15-13-24(14-16-25)12-11-19-6-5-18-3-1-2-4-22(18)19/h1-4,7-10,17,19H,5-6,11-16H2,(H,23,26). The summed E-state index contributed by atoms with van der Waals surface area (Å²) in [5.41, 5.74) is 5.25. The van der Waals surface area contributed by atoms with Gasteiger partial charge < -0.3 is 10.2 Å². The molecule has 0 aromatic heterocycles. The number of anilines is 2. The quantitative estimate of drug-likeness (QED) is 0.811. The van der Waals surface area contributed by atoms with E-state index in [0.717, 1.165) is 44.2 Å². The van der Waals surface area contributed by atoms with Gasteiger partial charge in [0.15, 0.2) is 0 Å². The van der Waals surface area contributed by atoms with Gasteiger partial charge >= 0.3 is 0 Å². The van der Waals surface area contributed by atoms with Crippen molar-refractivity contribution in [1.82, 2.24) is 4.90 Å². The second kappa shape index (κ2) is 7.92. The number of benzene rings is 2. The molecule has 4 heteroatoms. The van der Waals surface area contributed by atoms with Gasteiger partial charge in [-0.3, -0.25) is 9.69 Å². The lowest BCUT2D eigenvalue weighted by Crippen LogP contribution is -2.46. The molecular formula is C22H27N3O. The van der Waals surface area contributed by atoms with Gasteiger partial charge in [0, 0.05) is 37.6 Å². The predicted molar refractivity (Wildman–Crippen MR) is 107 cm³/mol. The Hall–Kier alpha value is -2.33. The van der Waals surface area contributed by atoms with Gasteiger partial charge in [0.2, 0.25) is 6.41 Å². The van der Waals surface area contributed by atoms with E-state index in [1.165, 1.54) is 31.5 Å². The summed E-state index contributed by atoms with van der Waals surface area (Å²) in [4.78, 5) is 15.5. The zero-order chi connectivity index (χ0) is 17.8. The average molecular weight is 349 g/mol. The van der Waals surface area contributed by atoms with Crippen LogP contribution in [-0.4, -0.2) is 44.0 Å². The minimum atomic E-state index is 0.719. The second-order valence-corrected chi connectivity index (χ2v) is 7.36. The van der Waals surface area contributed by atoms with Crippen LogP contribution in [0.5, 0.6) is 0 Å². The van der Waals surface area contributed by atoms with E-state index in [0.29, 0.717) is 0 Å². The van der Waals surface area contributed by atoms with Crippen LogP contribution in [0.3, 0.4) is 0 Å². The van der Waals surface area contributed by atoms with E-state index in [-0.39, 0.29) is 0 Å². The molecule has 1 heterocycles. The first-order valence-corrected chi connectivity index (χ1v) is 9.69. The first kappa shape index (κ1) is 17.1. The molecule has 26 heavy (non-hydrogen) atoms. The van der Waals surface area contributed by atoms with Gasteiger partial charge in [-0.1, -0.05) is 24.3 Å². The van der Waals surface area contributed by atoms with Crippen molar-refractivity contribution in [3.8, 4) is 0 Å². The molecule has 2 aromatic rings. The molecule has 0 saturated carbocycles. The van der Waals surface area contributed by atoms with E-state index < -0.39 is 0 Å². The van der Waals surface area contributed by atoms with Crippen LogP contribution >= 0.6 is 0 Å². The van der Waals surface area contributed by atoms with E-state index in [1.807, 2.05) is 12.1 Å². The molecule has 4 nitrogen and oxygen atoms in total. The molecule has 2 aromatic carbocycles. The number of piperazine rings is 1. The summed E-state index contributed by atoms with van der Waals surface area (Å²) in [6.07, 6.45) is 4.57. The van der Waals surface area contributed by atoms with Crippen LogP contribution in [0.2, 0.25) is 0 Å². The minimum absolute atomic E-state index is 0.719. The lowest BCUT2D eigenvalue weighted by molar-refractivity contribution is -0.105. The number of nitrogens with one attached hydrogen (secondary N) is 1. The lowest BCUT2D eigenvalue weighted by atomic mass is 9.97. The molecule has 4 rings (SSSR count). The van der Waals surface area contributed by atoms with Crippen molar-refractivity contribution >= 4 is 17.8 Å². The second-order valence-electron chi connectivity index (χ2n) is 7.36. The number of carbonyl (C=O) groups excluding carboxylic acids is 1. The number of carbonyl (C=O) groups is 1. The third-order valence-corrected chi connectivity index (χ3v) is 5.88. The van der Waals surface area contributed by atoms with Crippen LogP contribution in [-0.2, 0) is 11.2 Å². The topological polar surface area (TPSA) is 35.6 Å². The highest BCUT2D eigenvalue weighted by atomic mass is 16.1. The maximum absolute atomic E-state index is 10.5. The van der Waals surface area contributed by atoms with E-state index in [1.54, 1.807) is 11.1 Å². The van der Waals surface area contributed by atoms with Gasteiger partial charge in [-0.05, 0) is 67.1 Å². The fourth-order valence-electron chi connectivity index (χ4n) is 4.35. The zero-order valence-corrected chi connectivity index (χ0v) is 15.2. The minimum Gasteiger partial charge on any atom is -0.369 e. The average Bonchev–Trinajstić information content (AvgIpc) is 3.11. The fourth-order valence-corrected chi connectivity index (χ4v) is 4.35. The Kier molecular flexibility index (Phi) is 5.21. The highest BCUT2D eigenvalue weighted by Crippen LogP contribution is 2.35. The van der Waals surface area contributed by atoms with Crippen LogP contribution in [0.1, 0.15) is 29.9 Å². The molecular weight excluding hydrogens is 322 g/mol. The van der Waals surface area contributed by atoms with E-state index in [9.17, 15) is 4.79 Å². The van der Waals surface area contributed by atoms with Crippen molar-refractivity contribution in [3.63, 3.8) is 0 Å². The summed E-state index contributed by atoms with van der Waals surface area (Å²) in [5.74, 6) is 0.752.